The molecule has 1 saturated carbocycles. The molecule has 0 aromatic rings. The molecule has 104 valence electrons. The summed E-state index contributed by atoms with van der Waals surface area (Å²) in [7, 11) is 0. The number of aliphatic carboxylic acids is 1. The number of urea groups is 1. The zero-order chi connectivity index (χ0) is 14.0. The Labute approximate surface area is 113 Å². The number of carboxylic acid groups (broad SMARTS) is 1. The van der Waals surface area contributed by atoms with Gasteiger partial charge in [0.05, 0.1) is 12.5 Å². The maximum atomic E-state index is 12.4. The molecule has 2 rings (SSSR count). The van der Waals surface area contributed by atoms with Gasteiger partial charge in [0.1, 0.15) is 0 Å². The molecule has 0 spiro atoms. The number of carbonyl (C=O) groups excluding carboxylic acids is 1. The zero-order valence-electron chi connectivity index (χ0n) is 11.2. The van der Waals surface area contributed by atoms with Gasteiger partial charge in [0.2, 0.25) is 0 Å². The highest BCUT2D eigenvalue weighted by molar-refractivity contribution is 5.78. The van der Waals surface area contributed by atoms with Gasteiger partial charge in [-0.05, 0) is 24.7 Å². The minimum Gasteiger partial charge on any atom is -0.481 e. The van der Waals surface area contributed by atoms with Crippen LogP contribution in [0.2, 0.25) is 0 Å². The van der Waals surface area contributed by atoms with Gasteiger partial charge in [-0.2, -0.15) is 0 Å². The van der Waals surface area contributed by atoms with Crippen LogP contribution in [0.3, 0.4) is 0 Å². The van der Waals surface area contributed by atoms with E-state index in [0.717, 1.165) is 12.8 Å². The number of hydrogen-bond donors (Lipinski definition) is 1. The standard InChI is InChI=1S/C14H20N2O3/c1-3-6-15(8-11-4-5-11)14(19)16-7-10(2)12(9-16)13(17)18/h1,10-12H,4-9H2,2H3,(H,17,18)/t10-,12-/m1/s1. The molecule has 1 aliphatic heterocycles. The van der Waals surface area contributed by atoms with Gasteiger partial charge in [-0.25, -0.2) is 4.79 Å². The summed E-state index contributed by atoms with van der Waals surface area (Å²) < 4.78 is 0. The van der Waals surface area contributed by atoms with E-state index in [9.17, 15) is 9.59 Å². The molecule has 2 fully saturated rings. The Bertz CT molecular complexity index is 411. The van der Waals surface area contributed by atoms with Gasteiger partial charge < -0.3 is 14.9 Å². The molecule has 0 radical (unpaired) electrons. The molecule has 19 heavy (non-hydrogen) atoms. The van der Waals surface area contributed by atoms with Crippen molar-refractivity contribution in [2.45, 2.75) is 19.8 Å². The second-order valence-electron chi connectivity index (χ2n) is 5.64. The predicted octanol–water partition coefficient (Wildman–Crippen LogP) is 1.10. The maximum absolute atomic E-state index is 12.4. The summed E-state index contributed by atoms with van der Waals surface area (Å²) in [5.41, 5.74) is 0. The molecule has 0 aromatic heterocycles. The van der Waals surface area contributed by atoms with Gasteiger partial charge in [-0.3, -0.25) is 4.79 Å². The molecule has 0 unspecified atom stereocenters. The van der Waals surface area contributed by atoms with Gasteiger partial charge in [-0.1, -0.05) is 12.8 Å². The number of hydrogen-bond acceptors (Lipinski definition) is 2. The van der Waals surface area contributed by atoms with Crippen LogP contribution in [0.15, 0.2) is 0 Å². The van der Waals surface area contributed by atoms with Crippen molar-refractivity contribution in [3.8, 4) is 12.3 Å². The molecular formula is C14H20N2O3. The van der Waals surface area contributed by atoms with Crippen LogP contribution < -0.4 is 0 Å². The normalized spacial score (nSPS) is 26.0. The summed E-state index contributed by atoms with van der Waals surface area (Å²) in [6, 6.07) is -0.111. The Hall–Kier alpha value is -1.70. The third-order valence-electron chi connectivity index (χ3n) is 3.93. The molecule has 2 aliphatic rings. The number of carbonyl (C=O) groups is 2. The Balaban J connectivity index is 1.97. The fourth-order valence-electron chi connectivity index (χ4n) is 2.58. The number of rotatable bonds is 4. The average Bonchev–Trinajstić information content (AvgIpc) is 3.08. The van der Waals surface area contributed by atoms with E-state index < -0.39 is 11.9 Å². The SMILES string of the molecule is C#CCN(CC1CC1)C(=O)N1C[C@@H](C)[C@H](C(=O)O)C1. The molecule has 5 heteroatoms. The van der Waals surface area contributed by atoms with Gasteiger partial charge >= 0.3 is 12.0 Å². The molecule has 1 saturated heterocycles. The first kappa shape index (κ1) is 13.7. The third kappa shape index (κ3) is 3.19. The van der Waals surface area contributed by atoms with Crippen LogP contribution in [0.1, 0.15) is 19.8 Å². The minimum absolute atomic E-state index is 0.00457. The number of amides is 2. The van der Waals surface area contributed by atoms with E-state index in [1.165, 1.54) is 0 Å². The highest BCUT2D eigenvalue weighted by Crippen LogP contribution is 2.31. The number of likely N-dealkylation sites (tertiary alicyclic amines) is 1. The Kier molecular flexibility index (Phi) is 3.98. The molecule has 1 N–H and O–H groups in total. The molecule has 2 atom stereocenters. The molecule has 1 heterocycles. The van der Waals surface area contributed by atoms with Crippen molar-refractivity contribution in [3.63, 3.8) is 0 Å². The molecule has 1 aliphatic carbocycles. The van der Waals surface area contributed by atoms with E-state index in [0.29, 0.717) is 32.1 Å². The summed E-state index contributed by atoms with van der Waals surface area (Å²) in [5, 5.41) is 9.10. The average molecular weight is 264 g/mol. The predicted molar refractivity (Wildman–Crippen MR) is 70.4 cm³/mol. The maximum Gasteiger partial charge on any atom is 0.320 e. The largest absolute Gasteiger partial charge is 0.481 e. The first-order valence-electron chi connectivity index (χ1n) is 6.73. The van der Waals surface area contributed by atoms with Crippen molar-refractivity contribution in [1.29, 1.82) is 0 Å². The van der Waals surface area contributed by atoms with Gasteiger partial charge in [-0.15, -0.1) is 6.42 Å². The van der Waals surface area contributed by atoms with Crippen LogP contribution in [0.4, 0.5) is 4.79 Å². The Morgan fingerprint density at radius 1 is 1.42 bits per heavy atom. The van der Waals surface area contributed by atoms with Crippen molar-refractivity contribution < 1.29 is 14.7 Å². The monoisotopic (exact) mass is 264 g/mol. The fourth-order valence-corrected chi connectivity index (χ4v) is 2.58. The zero-order valence-corrected chi connectivity index (χ0v) is 11.2. The van der Waals surface area contributed by atoms with E-state index in [1.54, 1.807) is 9.80 Å². The number of nitrogens with zero attached hydrogens (tertiary/aromatic N) is 2. The van der Waals surface area contributed by atoms with Gasteiger partial charge in [0.25, 0.3) is 0 Å². The van der Waals surface area contributed by atoms with Crippen LogP contribution >= 0.6 is 0 Å². The smallest absolute Gasteiger partial charge is 0.320 e. The van der Waals surface area contributed by atoms with Crippen LogP contribution in [-0.2, 0) is 4.79 Å². The number of terminal acetylenes is 1. The summed E-state index contributed by atoms with van der Waals surface area (Å²) in [5.74, 6) is 1.80. The van der Waals surface area contributed by atoms with Crippen LogP contribution in [0, 0.1) is 30.1 Å². The highest BCUT2D eigenvalue weighted by Gasteiger charge is 2.39. The van der Waals surface area contributed by atoms with Crippen molar-refractivity contribution in [1.82, 2.24) is 9.80 Å². The highest BCUT2D eigenvalue weighted by atomic mass is 16.4. The van der Waals surface area contributed by atoms with Crippen LogP contribution in [0.25, 0.3) is 0 Å². The number of carboxylic acids is 1. The van der Waals surface area contributed by atoms with Gasteiger partial charge in [0, 0.05) is 19.6 Å². The molecule has 5 nitrogen and oxygen atoms in total. The first-order valence-corrected chi connectivity index (χ1v) is 6.73. The Morgan fingerprint density at radius 2 is 2.11 bits per heavy atom. The molecule has 0 bridgehead atoms. The molecular weight excluding hydrogens is 244 g/mol. The lowest BCUT2D eigenvalue weighted by Gasteiger charge is -2.26. The topological polar surface area (TPSA) is 60.9 Å². The van der Waals surface area contributed by atoms with E-state index in [2.05, 4.69) is 5.92 Å². The first-order chi connectivity index (χ1) is 9.02. The summed E-state index contributed by atoms with van der Waals surface area (Å²) >= 11 is 0. The second kappa shape index (κ2) is 5.52. The summed E-state index contributed by atoms with van der Waals surface area (Å²) in [6.45, 7) is 3.67. The molecule has 2 amide bonds. The fraction of sp³-hybridized carbons (Fsp3) is 0.714. The lowest BCUT2D eigenvalue weighted by atomic mass is 9.99. The van der Waals surface area contributed by atoms with E-state index in [4.69, 9.17) is 11.5 Å². The summed E-state index contributed by atoms with van der Waals surface area (Å²) in [6.07, 6.45) is 7.62. The van der Waals surface area contributed by atoms with Crippen LogP contribution in [0.5, 0.6) is 0 Å². The lowest BCUT2D eigenvalue weighted by Crippen LogP contribution is -2.43. The second-order valence-corrected chi connectivity index (χ2v) is 5.64. The van der Waals surface area contributed by atoms with E-state index >= 15 is 0 Å². The van der Waals surface area contributed by atoms with Gasteiger partial charge in [0.15, 0.2) is 0 Å². The quantitative estimate of drug-likeness (QED) is 0.774. The molecule has 0 aromatic carbocycles. The van der Waals surface area contributed by atoms with Crippen LogP contribution in [-0.4, -0.2) is 53.1 Å². The van der Waals surface area contributed by atoms with E-state index in [1.807, 2.05) is 6.92 Å². The van der Waals surface area contributed by atoms with Crippen molar-refractivity contribution in [2.75, 3.05) is 26.2 Å². The van der Waals surface area contributed by atoms with Crippen molar-refractivity contribution in [2.24, 2.45) is 17.8 Å². The lowest BCUT2D eigenvalue weighted by molar-refractivity contribution is -0.142. The third-order valence-corrected chi connectivity index (χ3v) is 3.93. The van der Waals surface area contributed by atoms with Crippen molar-refractivity contribution >= 4 is 12.0 Å². The minimum atomic E-state index is -0.825. The van der Waals surface area contributed by atoms with Crippen molar-refractivity contribution in [3.05, 3.63) is 0 Å². The Morgan fingerprint density at radius 3 is 2.58 bits per heavy atom. The van der Waals surface area contributed by atoms with E-state index in [-0.39, 0.29) is 11.9 Å². The summed E-state index contributed by atoms with van der Waals surface area (Å²) in [4.78, 5) is 26.8.